The van der Waals surface area contributed by atoms with Crippen LogP contribution >= 0.6 is 0 Å². The van der Waals surface area contributed by atoms with Gasteiger partial charge in [-0.05, 0) is 33.4 Å². The molecule has 0 aromatic carbocycles. The van der Waals surface area contributed by atoms with Crippen molar-refractivity contribution in [1.29, 1.82) is 0 Å². The normalized spacial score (nSPS) is 41.6. The average molecular weight is 197 g/mol. The summed E-state index contributed by atoms with van der Waals surface area (Å²) in [5, 5.41) is 0. The first kappa shape index (κ1) is 9.97. The van der Waals surface area contributed by atoms with Gasteiger partial charge in [-0.25, -0.2) is 0 Å². The van der Waals surface area contributed by atoms with Crippen LogP contribution in [0.1, 0.15) is 26.2 Å². The number of nitrogens with zero attached hydrogens (tertiary/aromatic N) is 1. The van der Waals surface area contributed by atoms with Gasteiger partial charge in [0.1, 0.15) is 6.10 Å². The molecule has 0 bridgehead atoms. The highest BCUT2D eigenvalue weighted by molar-refractivity contribution is 5.76. The molecule has 0 aromatic heterocycles. The topological polar surface area (TPSA) is 29.5 Å². The Kier molecular flexibility index (Phi) is 2.30. The lowest BCUT2D eigenvalue weighted by molar-refractivity contribution is -0.144. The van der Waals surface area contributed by atoms with E-state index in [0.29, 0.717) is 0 Å². The minimum atomic E-state index is 0.0194. The standard InChI is InChI=1S/C11H19NO2/c1-11-6-4-5-9(11)14-10(13)8(11)7-12(2)3/h8-9H,4-7H2,1-3H3. The van der Waals surface area contributed by atoms with E-state index in [2.05, 4.69) is 11.8 Å². The predicted octanol–water partition coefficient (Wildman–Crippen LogP) is 1.28. The number of ether oxygens (including phenoxy) is 1. The number of fused-ring (bicyclic) bond motifs is 1. The second-order valence-electron chi connectivity index (χ2n) is 5.14. The summed E-state index contributed by atoms with van der Waals surface area (Å²) in [4.78, 5) is 13.8. The Hall–Kier alpha value is -0.570. The predicted molar refractivity (Wildman–Crippen MR) is 53.9 cm³/mol. The van der Waals surface area contributed by atoms with Crippen LogP contribution < -0.4 is 0 Å². The number of rotatable bonds is 2. The van der Waals surface area contributed by atoms with Gasteiger partial charge in [0.05, 0.1) is 5.92 Å². The van der Waals surface area contributed by atoms with Gasteiger partial charge < -0.3 is 9.64 Å². The number of carbonyl (C=O) groups is 1. The van der Waals surface area contributed by atoms with Crippen molar-refractivity contribution in [2.45, 2.75) is 32.3 Å². The molecule has 3 unspecified atom stereocenters. The van der Waals surface area contributed by atoms with Crippen LogP contribution in [0.15, 0.2) is 0 Å². The first-order valence-electron chi connectivity index (χ1n) is 5.39. The SMILES string of the molecule is CN(C)CC1C(=O)OC2CCCC21C. The molecule has 0 aromatic rings. The molecular formula is C11H19NO2. The van der Waals surface area contributed by atoms with Crippen molar-refractivity contribution >= 4 is 5.97 Å². The van der Waals surface area contributed by atoms with E-state index in [4.69, 9.17) is 4.74 Å². The van der Waals surface area contributed by atoms with Crippen LogP contribution in [-0.2, 0) is 9.53 Å². The zero-order chi connectivity index (χ0) is 10.3. The molecule has 1 saturated heterocycles. The van der Waals surface area contributed by atoms with E-state index in [1.807, 2.05) is 14.1 Å². The van der Waals surface area contributed by atoms with Crippen LogP contribution in [0.3, 0.4) is 0 Å². The molecule has 1 heterocycles. The van der Waals surface area contributed by atoms with E-state index in [-0.39, 0.29) is 23.4 Å². The van der Waals surface area contributed by atoms with Gasteiger partial charge >= 0.3 is 5.97 Å². The third kappa shape index (κ3) is 1.34. The summed E-state index contributed by atoms with van der Waals surface area (Å²) >= 11 is 0. The number of hydrogen-bond acceptors (Lipinski definition) is 3. The monoisotopic (exact) mass is 197 g/mol. The molecule has 1 aliphatic heterocycles. The second-order valence-corrected chi connectivity index (χ2v) is 5.14. The Bertz CT molecular complexity index is 252. The van der Waals surface area contributed by atoms with Gasteiger partial charge in [-0.15, -0.1) is 0 Å². The van der Waals surface area contributed by atoms with Crippen molar-refractivity contribution in [3.8, 4) is 0 Å². The maximum absolute atomic E-state index is 11.7. The fraction of sp³-hybridized carbons (Fsp3) is 0.909. The van der Waals surface area contributed by atoms with Crippen molar-refractivity contribution in [2.75, 3.05) is 20.6 Å². The van der Waals surface area contributed by atoms with Gasteiger partial charge in [-0.3, -0.25) is 4.79 Å². The molecular weight excluding hydrogens is 178 g/mol. The molecule has 3 atom stereocenters. The number of carbonyl (C=O) groups excluding carboxylic acids is 1. The van der Waals surface area contributed by atoms with Gasteiger partial charge in [-0.1, -0.05) is 6.92 Å². The third-order valence-electron chi connectivity index (χ3n) is 3.80. The molecule has 1 saturated carbocycles. The summed E-state index contributed by atoms with van der Waals surface area (Å²) in [5.74, 6) is 0.107. The lowest BCUT2D eigenvalue weighted by atomic mass is 9.76. The Morgan fingerprint density at radius 1 is 1.57 bits per heavy atom. The molecule has 3 heteroatoms. The lowest BCUT2D eigenvalue weighted by Crippen LogP contribution is -2.36. The van der Waals surface area contributed by atoms with Crippen LogP contribution in [0.2, 0.25) is 0 Å². The van der Waals surface area contributed by atoms with Crippen molar-refractivity contribution in [2.24, 2.45) is 11.3 Å². The van der Waals surface area contributed by atoms with Gasteiger partial charge in [-0.2, -0.15) is 0 Å². The smallest absolute Gasteiger partial charge is 0.311 e. The fourth-order valence-corrected chi connectivity index (χ4v) is 2.89. The van der Waals surface area contributed by atoms with Gasteiger partial charge in [0, 0.05) is 12.0 Å². The van der Waals surface area contributed by atoms with E-state index in [1.165, 1.54) is 6.42 Å². The molecule has 0 N–H and O–H groups in total. The number of hydrogen-bond donors (Lipinski definition) is 0. The molecule has 0 amide bonds. The Balaban J connectivity index is 2.17. The van der Waals surface area contributed by atoms with Gasteiger partial charge in [0.25, 0.3) is 0 Å². The molecule has 2 fully saturated rings. The zero-order valence-electron chi connectivity index (χ0n) is 9.25. The van der Waals surface area contributed by atoms with Crippen molar-refractivity contribution in [3.63, 3.8) is 0 Å². The summed E-state index contributed by atoms with van der Waals surface area (Å²) in [6.07, 6.45) is 3.60. The molecule has 2 aliphatic rings. The molecule has 80 valence electrons. The highest BCUT2D eigenvalue weighted by atomic mass is 16.6. The minimum Gasteiger partial charge on any atom is -0.461 e. The Morgan fingerprint density at radius 3 is 2.93 bits per heavy atom. The van der Waals surface area contributed by atoms with E-state index in [1.54, 1.807) is 0 Å². The van der Waals surface area contributed by atoms with Crippen LogP contribution in [0.4, 0.5) is 0 Å². The first-order chi connectivity index (χ1) is 6.54. The molecule has 1 aliphatic carbocycles. The zero-order valence-corrected chi connectivity index (χ0v) is 9.25. The van der Waals surface area contributed by atoms with Crippen LogP contribution in [0, 0.1) is 11.3 Å². The maximum atomic E-state index is 11.7. The van der Waals surface area contributed by atoms with E-state index in [0.717, 1.165) is 19.4 Å². The maximum Gasteiger partial charge on any atom is 0.311 e. The van der Waals surface area contributed by atoms with Crippen LogP contribution in [0.5, 0.6) is 0 Å². The Morgan fingerprint density at radius 2 is 2.29 bits per heavy atom. The third-order valence-corrected chi connectivity index (χ3v) is 3.80. The number of esters is 1. The lowest BCUT2D eigenvalue weighted by Gasteiger charge is -2.28. The average Bonchev–Trinajstić information content (AvgIpc) is 2.52. The summed E-state index contributed by atoms with van der Waals surface area (Å²) < 4.78 is 5.44. The summed E-state index contributed by atoms with van der Waals surface area (Å²) in [7, 11) is 4.03. The van der Waals surface area contributed by atoms with E-state index < -0.39 is 0 Å². The van der Waals surface area contributed by atoms with E-state index in [9.17, 15) is 4.79 Å². The molecule has 3 nitrogen and oxygen atoms in total. The molecule has 14 heavy (non-hydrogen) atoms. The largest absolute Gasteiger partial charge is 0.461 e. The molecule has 0 radical (unpaired) electrons. The van der Waals surface area contributed by atoms with Gasteiger partial charge in [0.2, 0.25) is 0 Å². The summed E-state index contributed by atoms with van der Waals surface area (Å²) in [6, 6.07) is 0. The van der Waals surface area contributed by atoms with Crippen LogP contribution in [-0.4, -0.2) is 37.6 Å². The highest BCUT2D eigenvalue weighted by Gasteiger charge is 2.55. The van der Waals surface area contributed by atoms with Crippen molar-refractivity contribution in [1.82, 2.24) is 4.90 Å². The molecule has 2 rings (SSSR count). The van der Waals surface area contributed by atoms with E-state index >= 15 is 0 Å². The highest BCUT2D eigenvalue weighted by Crippen LogP contribution is 2.51. The first-order valence-corrected chi connectivity index (χ1v) is 5.39. The van der Waals surface area contributed by atoms with Gasteiger partial charge in [0.15, 0.2) is 0 Å². The van der Waals surface area contributed by atoms with Crippen molar-refractivity contribution < 1.29 is 9.53 Å². The molecule has 0 spiro atoms. The van der Waals surface area contributed by atoms with Crippen LogP contribution in [0.25, 0.3) is 0 Å². The Labute approximate surface area is 85.4 Å². The van der Waals surface area contributed by atoms with Crippen molar-refractivity contribution in [3.05, 3.63) is 0 Å². The quantitative estimate of drug-likeness (QED) is 0.625. The summed E-state index contributed by atoms with van der Waals surface area (Å²) in [5.41, 5.74) is 0.112. The minimum absolute atomic E-state index is 0.0194. The second kappa shape index (κ2) is 3.23. The summed E-state index contributed by atoms with van der Waals surface area (Å²) in [6.45, 7) is 3.04. The fourth-order valence-electron chi connectivity index (χ4n) is 2.89.